The Morgan fingerprint density at radius 1 is 0.416 bits per heavy atom. The van der Waals surface area contributed by atoms with Gasteiger partial charge in [-0.25, -0.2) is 9.59 Å². The fraction of sp³-hybridized carbons (Fsp3) is 0.932. The first-order chi connectivity index (χ1) is 35.2. The third kappa shape index (κ3) is 13.5. The van der Waals surface area contributed by atoms with Gasteiger partial charge in [-0.1, -0.05) is 137 Å². The Hall–Kier alpha value is -2.33. The zero-order valence-electron chi connectivity index (χ0n) is 54.0. The van der Waals surface area contributed by atoms with Crippen molar-refractivity contribution in [1.82, 2.24) is 20.4 Å². The number of nitrogens with zero attached hydrogens (tertiary/aromatic N) is 2. The van der Waals surface area contributed by atoms with Gasteiger partial charge in [-0.05, 0) is 101 Å². The highest BCUT2D eigenvalue weighted by Crippen LogP contribution is 2.76. The third-order valence-electron chi connectivity index (χ3n) is 23.1. The van der Waals surface area contributed by atoms with Crippen LogP contribution in [0.25, 0.3) is 0 Å². The van der Waals surface area contributed by atoms with E-state index in [-0.39, 0.29) is 83.4 Å². The normalized spacial score (nSPS) is 25.5. The van der Waals surface area contributed by atoms with Crippen LogP contribution in [0.3, 0.4) is 0 Å². The van der Waals surface area contributed by atoms with E-state index >= 15 is 9.59 Å². The maximum absolute atomic E-state index is 15.1. The molecule has 0 unspecified atom stereocenters. The van der Waals surface area contributed by atoms with Crippen molar-refractivity contribution in [3.63, 3.8) is 0 Å². The largest absolute Gasteiger partial charge is 0.500 e. The zero-order chi connectivity index (χ0) is 59.7. The van der Waals surface area contributed by atoms with E-state index in [1.165, 1.54) is 0 Å². The fourth-order valence-electron chi connectivity index (χ4n) is 14.3. The Morgan fingerprint density at radius 2 is 0.675 bits per heavy atom. The number of ether oxygens (including phenoxy) is 2. The van der Waals surface area contributed by atoms with Gasteiger partial charge in [-0.15, -0.1) is 0 Å². The second kappa shape index (κ2) is 26.7. The van der Waals surface area contributed by atoms with Crippen LogP contribution in [-0.2, 0) is 45.6 Å². The Labute approximate surface area is 472 Å². The van der Waals surface area contributed by atoms with Crippen molar-refractivity contribution >= 4 is 41.6 Å². The molecule has 2 fully saturated rings. The van der Waals surface area contributed by atoms with Crippen LogP contribution in [0.1, 0.15) is 196 Å². The van der Waals surface area contributed by atoms with E-state index in [0.29, 0.717) is 51.2 Å². The van der Waals surface area contributed by atoms with Crippen LogP contribution in [0.2, 0.25) is 12.1 Å². The molecule has 0 aromatic heterocycles. The lowest BCUT2D eigenvalue weighted by molar-refractivity contribution is -0.259. The van der Waals surface area contributed by atoms with Gasteiger partial charge in [0.2, 0.25) is 0 Å². The summed E-state index contributed by atoms with van der Waals surface area (Å²) in [4.78, 5) is 59.8. The smallest absolute Gasteiger partial charge is 0.466 e. The average Bonchev–Trinajstić information content (AvgIpc) is 3.35. The fourth-order valence-corrected chi connectivity index (χ4v) is 17.7. The summed E-state index contributed by atoms with van der Waals surface area (Å²) in [5.74, 6) is -0.313. The van der Waals surface area contributed by atoms with Crippen LogP contribution in [-0.4, -0.2) is 145 Å². The van der Waals surface area contributed by atoms with E-state index in [4.69, 9.17) is 36.0 Å². The van der Waals surface area contributed by atoms with E-state index in [9.17, 15) is 9.59 Å². The molecule has 2 aliphatic carbocycles. The molecule has 2 aliphatic rings. The second-order valence-electron chi connectivity index (χ2n) is 27.3. The first-order valence-corrected chi connectivity index (χ1v) is 32.9. The molecule has 0 aromatic carbocycles. The van der Waals surface area contributed by atoms with Gasteiger partial charge >= 0.3 is 41.6 Å². The predicted octanol–water partition coefficient (Wildman–Crippen LogP) is 12.4. The summed E-state index contributed by atoms with van der Waals surface area (Å²) in [6.07, 6.45) is 5.59. The van der Waals surface area contributed by atoms with Crippen LogP contribution in [0.4, 0.5) is 9.59 Å². The summed E-state index contributed by atoms with van der Waals surface area (Å²) in [6.45, 7) is 48.3. The van der Waals surface area contributed by atoms with Crippen molar-refractivity contribution in [2.75, 3.05) is 82.1 Å². The number of hydrogen-bond acceptors (Lipinski definition) is 12. The van der Waals surface area contributed by atoms with E-state index < -0.39 is 50.3 Å². The maximum atomic E-state index is 15.1. The van der Waals surface area contributed by atoms with Crippen LogP contribution >= 0.6 is 0 Å². The molecule has 4 amide bonds. The minimum Gasteiger partial charge on any atom is -0.466 e. The van der Waals surface area contributed by atoms with Crippen molar-refractivity contribution in [2.45, 2.75) is 219 Å². The molecule has 0 spiro atoms. The van der Waals surface area contributed by atoms with Gasteiger partial charge in [0.25, 0.3) is 0 Å². The molecular weight excluding hydrogens is 1010 g/mol. The summed E-state index contributed by atoms with van der Waals surface area (Å²) in [5, 5.41) is 7.39. The Balaban J connectivity index is 2.69. The number of urea groups is 2. The summed E-state index contributed by atoms with van der Waals surface area (Å²) in [6, 6.07) is 0.557. The number of esters is 2. The molecule has 16 nitrogen and oxygen atoms in total. The molecule has 0 radical (unpaired) electrons. The Bertz CT molecular complexity index is 1720. The molecule has 452 valence electrons. The van der Waals surface area contributed by atoms with Crippen molar-refractivity contribution in [1.29, 1.82) is 0 Å². The number of carbonyl (C=O) groups excluding carboxylic acids is 4. The van der Waals surface area contributed by atoms with Gasteiger partial charge < -0.3 is 56.5 Å². The Morgan fingerprint density at radius 3 is 0.909 bits per heavy atom. The summed E-state index contributed by atoms with van der Waals surface area (Å²) in [7, 11) is 3.69. The van der Waals surface area contributed by atoms with Gasteiger partial charge in [-0.2, -0.15) is 0 Å². The van der Waals surface area contributed by atoms with Crippen LogP contribution in [0, 0.1) is 55.2 Å². The molecule has 0 aromatic rings. The van der Waals surface area contributed by atoms with E-state index in [1.807, 2.05) is 0 Å². The highest BCUT2D eigenvalue weighted by Gasteiger charge is 2.75. The van der Waals surface area contributed by atoms with Gasteiger partial charge in [0.15, 0.2) is 0 Å². The highest BCUT2D eigenvalue weighted by molar-refractivity contribution is 6.60. The summed E-state index contributed by atoms with van der Waals surface area (Å²) >= 11 is 0. The zero-order valence-corrected chi connectivity index (χ0v) is 56.0. The van der Waals surface area contributed by atoms with E-state index in [2.05, 4.69) is 149 Å². The number of unbranched alkanes of at least 4 members (excludes halogenated alkanes) is 2. The standard InChI is InChI=1S/C59H116N4O12Si2/c1-27-29-39-74-46(64)33-37-62(35-31-41-76(68-21,69-22)70-23)48(66)60-58(19)54(11,12)50(3,4)44(51(5,6)55(58,13)14)43-45-52(7,8)56(15,16)59(20,57(17,18)53(45,9)10)61-49(67)63(38-34-47(65)75-40-30-28-2)36-32-42-77(71-24,72-25)73-26/h44-45H,27-43H2,1-26H3,(H,60,66)(H,61,67). The molecule has 2 rings (SSSR count). The quantitative estimate of drug-likeness (QED) is 0.0397. The molecule has 0 bridgehead atoms. The van der Waals surface area contributed by atoms with Crippen molar-refractivity contribution in [3.8, 4) is 0 Å². The molecule has 0 heterocycles. The van der Waals surface area contributed by atoms with Crippen LogP contribution in [0.5, 0.6) is 0 Å². The van der Waals surface area contributed by atoms with Gasteiger partial charge in [0.05, 0.1) is 37.1 Å². The minimum atomic E-state index is -2.93. The molecule has 2 N–H and O–H groups in total. The van der Waals surface area contributed by atoms with E-state index in [1.54, 1.807) is 52.5 Å². The molecular formula is C59H116N4O12Si2. The molecule has 18 heteroatoms. The topological polar surface area (TPSA) is 173 Å². The second-order valence-corrected chi connectivity index (χ2v) is 33.4. The third-order valence-corrected chi connectivity index (χ3v) is 28.7. The lowest BCUT2D eigenvalue weighted by Gasteiger charge is -2.76. The maximum Gasteiger partial charge on any atom is 0.500 e. The van der Waals surface area contributed by atoms with Crippen LogP contribution < -0.4 is 10.6 Å². The number of hydrogen-bond donors (Lipinski definition) is 2. The lowest BCUT2D eigenvalue weighted by Crippen LogP contribution is -2.79. The molecule has 0 atom stereocenters. The van der Waals surface area contributed by atoms with Crippen molar-refractivity contribution < 1.29 is 55.2 Å². The molecule has 77 heavy (non-hydrogen) atoms. The van der Waals surface area contributed by atoms with Gasteiger partial charge in [-0.3, -0.25) is 9.59 Å². The average molecular weight is 1130 g/mol. The first-order valence-electron chi connectivity index (χ1n) is 29.0. The number of carbonyl (C=O) groups is 4. The predicted molar refractivity (Wildman–Crippen MR) is 312 cm³/mol. The lowest BCUT2D eigenvalue weighted by atomic mass is 9.30. The Kier molecular flexibility index (Phi) is 24.6. The number of rotatable bonds is 30. The summed E-state index contributed by atoms with van der Waals surface area (Å²) in [5.41, 5.74) is -4.78. The van der Waals surface area contributed by atoms with Crippen molar-refractivity contribution in [3.05, 3.63) is 0 Å². The number of nitrogens with one attached hydrogen (secondary N) is 2. The van der Waals surface area contributed by atoms with E-state index in [0.717, 1.165) is 32.1 Å². The minimum absolute atomic E-state index is 0.0812. The highest BCUT2D eigenvalue weighted by atomic mass is 28.4. The molecule has 0 saturated heterocycles. The van der Waals surface area contributed by atoms with Crippen LogP contribution in [0.15, 0.2) is 0 Å². The first kappa shape index (κ1) is 70.8. The van der Waals surface area contributed by atoms with Crippen molar-refractivity contribution in [2.24, 2.45) is 55.2 Å². The van der Waals surface area contributed by atoms with Gasteiger partial charge in [0.1, 0.15) is 0 Å². The molecule has 2 saturated carbocycles. The SMILES string of the molecule is CCCCOC(=O)CCN(CCC[Si](OC)(OC)OC)C(=O)NC1(C)C(C)(C)C(C)(C)C(CC2C(C)(C)C(C)(C)C(C)(NC(=O)N(CCC[Si](OC)(OC)OC)CCC(=O)OCCCC)C(C)(C)C2(C)C)C(C)(C)C1(C)C. The molecule has 0 aliphatic heterocycles. The number of amides is 4. The summed E-state index contributed by atoms with van der Waals surface area (Å²) < 4.78 is 45.5. The van der Waals surface area contributed by atoms with Gasteiger partial charge in [0, 0.05) is 80.9 Å². The monoisotopic (exact) mass is 1130 g/mol.